The molecule has 112 valence electrons. The molecule has 0 atom stereocenters. The van der Waals surface area contributed by atoms with Crippen LogP contribution in [0.3, 0.4) is 0 Å². The van der Waals surface area contributed by atoms with Gasteiger partial charge in [0, 0.05) is 18.1 Å². The number of hydrogen-bond donors (Lipinski definition) is 1. The van der Waals surface area contributed by atoms with Gasteiger partial charge in [-0.25, -0.2) is 0 Å². The molecular formula is C16H13NO5. The lowest BCUT2D eigenvalue weighted by Crippen LogP contribution is -2.07. The molecule has 22 heavy (non-hydrogen) atoms. The molecule has 2 aromatic carbocycles. The van der Waals surface area contributed by atoms with Crippen LogP contribution in [0.1, 0.15) is 27.9 Å². The molecular weight excluding hydrogens is 286 g/mol. The average Bonchev–Trinajstić information content (AvgIpc) is 2.52. The van der Waals surface area contributed by atoms with Gasteiger partial charge in [-0.15, -0.1) is 0 Å². The predicted molar refractivity (Wildman–Crippen MR) is 78.9 cm³/mol. The number of nitro groups is 1. The molecule has 2 rings (SSSR count). The van der Waals surface area contributed by atoms with Crippen molar-refractivity contribution in [2.75, 3.05) is 0 Å². The van der Waals surface area contributed by atoms with Crippen LogP contribution in [-0.2, 0) is 11.2 Å². The Kier molecular flexibility index (Phi) is 4.63. The quantitative estimate of drug-likeness (QED) is 0.502. The van der Waals surface area contributed by atoms with Crippen molar-refractivity contribution in [2.24, 2.45) is 0 Å². The number of carboxylic acid groups (broad SMARTS) is 1. The Morgan fingerprint density at radius 1 is 1.09 bits per heavy atom. The number of carboxylic acids is 1. The highest BCUT2D eigenvalue weighted by Crippen LogP contribution is 2.24. The van der Waals surface area contributed by atoms with Crippen LogP contribution in [-0.4, -0.2) is 21.8 Å². The van der Waals surface area contributed by atoms with Crippen molar-refractivity contribution in [3.63, 3.8) is 0 Å². The van der Waals surface area contributed by atoms with E-state index >= 15 is 0 Å². The summed E-state index contributed by atoms with van der Waals surface area (Å²) in [6.07, 6.45) is 0.110. The number of carbonyl (C=O) groups excluding carboxylic acids is 1. The first-order valence-electron chi connectivity index (χ1n) is 6.58. The first-order chi connectivity index (χ1) is 10.5. The summed E-state index contributed by atoms with van der Waals surface area (Å²) in [6, 6.07) is 12.4. The van der Waals surface area contributed by atoms with Gasteiger partial charge in [0.25, 0.3) is 5.69 Å². The summed E-state index contributed by atoms with van der Waals surface area (Å²) in [4.78, 5) is 33.5. The molecule has 0 aliphatic carbocycles. The maximum absolute atomic E-state index is 12.4. The number of ketones is 1. The summed E-state index contributed by atoms with van der Waals surface area (Å²) in [5.41, 5.74) is 0.611. The Hall–Kier alpha value is -3.02. The fourth-order valence-electron chi connectivity index (χ4n) is 2.08. The molecule has 1 N–H and O–H groups in total. The van der Waals surface area contributed by atoms with E-state index in [4.69, 9.17) is 5.11 Å². The van der Waals surface area contributed by atoms with Gasteiger partial charge in [-0.3, -0.25) is 19.7 Å². The van der Waals surface area contributed by atoms with Crippen molar-refractivity contribution in [2.45, 2.75) is 12.8 Å². The van der Waals surface area contributed by atoms with Crippen LogP contribution in [0, 0.1) is 10.1 Å². The van der Waals surface area contributed by atoms with Crippen LogP contribution >= 0.6 is 0 Å². The van der Waals surface area contributed by atoms with E-state index in [1.807, 2.05) is 0 Å². The van der Waals surface area contributed by atoms with Gasteiger partial charge in [-0.2, -0.15) is 0 Å². The van der Waals surface area contributed by atoms with E-state index in [9.17, 15) is 19.7 Å². The second-order valence-electron chi connectivity index (χ2n) is 4.70. The molecule has 0 heterocycles. The minimum Gasteiger partial charge on any atom is -0.481 e. The first-order valence-corrected chi connectivity index (χ1v) is 6.58. The molecule has 2 aromatic rings. The van der Waals surface area contributed by atoms with Gasteiger partial charge >= 0.3 is 5.97 Å². The molecule has 0 saturated heterocycles. The Morgan fingerprint density at radius 2 is 1.77 bits per heavy atom. The minimum atomic E-state index is -0.964. The van der Waals surface area contributed by atoms with Crippen LogP contribution in [0.2, 0.25) is 0 Å². The molecule has 0 aliphatic heterocycles. The summed E-state index contributed by atoms with van der Waals surface area (Å²) < 4.78 is 0. The molecule has 6 nitrogen and oxygen atoms in total. The van der Waals surface area contributed by atoms with Crippen LogP contribution in [0.25, 0.3) is 0 Å². The lowest BCUT2D eigenvalue weighted by atomic mass is 9.98. The van der Waals surface area contributed by atoms with Gasteiger partial charge in [0.2, 0.25) is 0 Å². The van der Waals surface area contributed by atoms with Crippen LogP contribution in [0.5, 0.6) is 0 Å². The first kappa shape index (κ1) is 15.4. The van der Waals surface area contributed by atoms with Crippen molar-refractivity contribution >= 4 is 17.4 Å². The van der Waals surface area contributed by atoms with Gasteiger partial charge in [0.05, 0.1) is 4.92 Å². The Morgan fingerprint density at radius 3 is 2.36 bits per heavy atom. The van der Waals surface area contributed by atoms with E-state index in [-0.39, 0.29) is 24.1 Å². The van der Waals surface area contributed by atoms with Crippen molar-refractivity contribution in [3.8, 4) is 0 Å². The summed E-state index contributed by atoms with van der Waals surface area (Å²) in [5, 5.41) is 19.8. The molecule has 0 unspecified atom stereocenters. The van der Waals surface area contributed by atoms with Crippen LogP contribution in [0.4, 0.5) is 5.69 Å². The standard InChI is InChI=1S/C16H13NO5/c18-15(19)9-7-11-6-8-14(17(21)22)13(10-11)16(20)12-4-2-1-3-5-12/h1-6,8,10H,7,9H2,(H,18,19). The van der Waals surface area contributed by atoms with E-state index in [1.165, 1.54) is 18.2 Å². The third-order valence-corrected chi connectivity index (χ3v) is 3.17. The lowest BCUT2D eigenvalue weighted by molar-refractivity contribution is -0.385. The van der Waals surface area contributed by atoms with Crippen molar-refractivity contribution in [1.82, 2.24) is 0 Å². The van der Waals surface area contributed by atoms with Crippen LogP contribution < -0.4 is 0 Å². The summed E-state index contributed by atoms with van der Waals surface area (Å²) in [5.74, 6) is -1.42. The van der Waals surface area contributed by atoms with E-state index in [0.717, 1.165) is 0 Å². The zero-order valence-electron chi connectivity index (χ0n) is 11.6. The highest BCUT2D eigenvalue weighted by Gasteiger charge is 2.21. The Bertz CT molecular complexity index is 725. The van der Waals surface area contributed by atoms with Gasteiger partial charge in [-0.05, 0) is 18.1 Å². The monoisotopic (exact) mass is 299 g/mol. The number of rotatable bonds is 6. The number of carbonyl (C=O) groups is 2. The average molecular weight is 299 g/mol. The molecule has 0 radical (unpaired) electrons. The second-order valence-corrected chi connectivity index (χ2v) is 4.70. The summed E-state index contributed by atoms with van der Waals surface area (Å²) in [7, 11) is 0. The highest BCUT2D eigenvalue weighted by atomic mass is 16.6. The number of nitrogens with zero attached hydrogens (tertiary/aromatic N) is 1. The van der Waals surface area contributed by atoms with Gasteiger partial charge in [-0.1, -0.05) is 36.4 Å². The molecule has 0 saturated carbocycles. The van der Waals surface area contributed by atoms with E-state index in [0.29, 0.717) is 11.1 Å². The molecule has 6 heteroatoms. The lowest BCUT2D eigenvalue weighted by Gasteiger charge is -2.05. The molecule has 0 aromatic heterocycles. The second kappa shape index (κ2) is 6.62. The maximum Gasteiger partial charge on any atom is 0.303 e. The molecule has 0 spiro atoms. The van der Waals surface area contributed by atoms with Crippen molar-refractivity contribution in [3.05, 3.63) is 75.3 Å². The van der Waals surface area contributed by atoms with Gasteiger partial charge in [0.1, 0.15) is 5.56 Å². The summed E-state index contributed by atoms with van der Waals surface area (Å²) in [6.45, 7) is 0. The number of nitro benzene ring substituents is 1. The number of aryl methyl sites for hydroxylation is 1. The Labute approximate surface area is 126 Å². The fourth-order valence-corrected chi connectivity index (χ4v) is 2.08. The normalized spacial score (nSPS) is 10.2. The van der Waals surface area contributed by atoms with Crippen LogP contribution in [0.15, 0.2) is 48.5 Å². The van der Waals surface area contributed by atoms with Gasteiger partial charge in [0.15, 0.2) is 5.78 Å². The number of aliphatic carboxylic acids is 1. The third-order valence-electron chi connectivity index (χ3n) is 3.17. The largest absolute Gasteiger partial charge is 0.481 e. The fraction of sp³-hybridized carbons (Fsp3) is 0.125. The maximum atomic E-state index is 12.4. The smallest absolute Gasteiger partial charge is 0.303 e. The SMILES string of the molecule is O=C(O)CCc1ccc([N+](=O)[O-])c(C(=O)c2ccccc2)c1. The Balaban J connectivity index is 2.42. The van der Waals surface area contributed by atoms with Crippen molar-refractivity contribution < 1.29 is 19.6 Å². The van der Waals surface area contributed by atoms with Gasteiger partial charge < -0.3 is 5.11 Å². The highest BCUT2D eigenvalue weighted by molar-refractivity contribution is 6.11. The summed E-state index contributed by atoms with van der Waals surface area (Å²) >= 11 is 0. The minimum absolute atomic E-state index is 0.0286. The third kappa shape index (κ3) is 3.54. The molecule has 0 aliphatic rings. The van der Waals surface area contributed by atoms with Crippen molar-refractivity contribution in [1.29, 1.82) is 0 Å². The predicted octanol–water partition coefficient (Wildman–Crippen LogP) is 2.84. The number of benzene rings is 2. The molecule has 0 bridgehead atoms. The zero-order chi connectivity index (χ0) is 16.1. The van der Waals surface area contributed by atoms with E-state index in [1.54, 1.807) is 30.3 Å². The van der Waals surface area contributed by atoms with E-state index < -0.39 is 16.7 Å². The topological polar surface area (TPSA) is 97.5 Å². The molecule has 0 fully saturated rings. The molecule has 0 amide bonds. The zero-order valence-corrected chi connectivity index (χ0v) is 11.6. The van der Waals surface area contributed by atoms with E-state index in [2.05, 4.69) is 0 Å². The number of hydrogen-bond acceptors (Lipinski definition) is 4.